The van der Waals surface area contributed by atoms with Gasteiger partial charge in [0.25, 0.3) is 0 Å². The molecule has 140 valence electrons. The van der Waals surface area contributed by atoms with Crippen molar-refractivity contribution in [1.29, 1.82) is 0 Å². The van der Waals surface area contributed by atoms with E-state index in [1.807, 2.05) is 23.6 Å². The number of amides is 1. The highest BCUT2D eigenvalue weighted by Crippen LogP contribution is 2.19. The molecule has 0 saturated heterocycles. The highest BCUT2D eigenvalue weighted by atomic mass is 32.1. The van der Waals surface area contributed by atoms with Crippen LogP contribution in [0, 0.1) is 5.82 Å². The first-order valence-electron chi connectivity index (χ1n) is 8.72. The molecule has 0 aliphatic rings. The van der Waals surface area contributed by atoms with Gasteiger partial charge >= 0.3 is 0 Å². The summed E-state index contributed by atoms with van der Waals surface area (Å²) in [6, 6.07) is 14.6. The molecule has 0 saturated carbocycles. The molecular weight excluding hydrogens is 375 g/mol. The van der Waals surface area contributed by atoms with Gasteiger partial charge in [-0.15, -0.1) is 11.3 Å². The molecule has 4 rings (SSSR count). The predicted octanol–water partition coefficient (Wildman–Crippen LogP) is 4.24. The number of carbonyl (C=O) groups is 1. The van der Waals surface area contributed by atoms with Gasteiger partial charge in [0.05, 0.1) is 29.1 Å². The van der Waals surface area contributed by atoms with Crippen molar-refractivity contribution >= 4 is 22.9 Å². The van der Waals surface area contributed by atoms with Gasteiger partial charge in [0.1, 0.15) is 5.82 Å². The van der Waals surface area contributed by atoms with Crippen LogP contribution in [0.3, 0.4) is 0 Å². The van der Waals surface area contributed by atoms with E-state index in [1.165, 1.54) is 29.3 Å². The molecule has 0 aliphatic carbocycles. The van der Waals surface area contributed by atoms with Gasteiger partial charge in [-0.2, -0.15) is 0 Å². The normalized spacial score (nSPS) is 10.8. The van der Waals surface area contributed by atoms with Crippen LogP contribution in [0.15, 0.2) is 72.6 Å². The first-order valence-corrected chi connectivity index (χ1v) is 9.60. The van der Waals surface area contributed by atoms with Gasteiger partial charge in [0, 0.05) is 29.9 Å². The average Bonchev–Trinajstić information content (AvgIpc) is 3.35. The molecular formula is C21H17FN4OS. The second-order valence-corrected chi connectivity index (χ2v) is 7.20. The maximum absolute atomic E-state index is 14.3. The molecule has 0 bridgehead atoms. The summed E-state index contributed by atoms with van der Waals surface area (Å²) in [4.78, 5) is 20.7. The van der Waals surface area contributed by atoms with Gasteiger partial charge in [-0.1, -0.05) is 30.3 Å². The first kappa shape index (κ1) is 18.1. The number of nitrogens with zero attached hydrogens (tertiary/aromatic N) is 3. The number of rotatable bonds is 6. The van der Waals surface area contributed by atoms with E-state index in [-0.39, 0.29) is 12.3 Å². The standard InChI is InChI=1S/C21H17FN4OS/c22-18-11-16(6-7-19(18)26-9-8-23-14-26)24-20(27)12-17-13-28-21(25-17)10-15-4-2-1-3-5-15/h1-9,11,13-14H,10,12H2,(H,24,27). The Bertz CT molecular complexity index is 1080. The number of nitrogens with one attached hydrogen (secondary N) is 1. The third-order valence-corrected chi connectivity index (χ3v) is 5.05. The summed E-state index contributed by atoms with van der Waals surface area (Å²) >= 11 is 1.54. The minimum Gasteiger partial charge on any atom is -0.326 e. The largest absolute Gasteiger partial charge is 0.326 e. The lowest BCUT2D eigenvalue weighted by Gasteiger charge is -2.08. The lowest BCUT2D eigenvalue weighted by Crippen LogP contribution is -2.15. The number of carbonyl (C=O) groups excluding carboxylic acids is 1. The summed E-state index contributed by atoms with van der Waals surface area (Å²) in [5, 5.41) is 5.58. The Morgan fingerprint density at radius 1 is 1.18 bits per heavy atom. The monoisotopic (exact) mass is 392 g/mol. The van der Waals surface area contributed by atoms with E-state index in [1.54, 1.807) is 29.1 Å². The molecule has 1 amide bonds. The van der Waals surface area contributed by atoms with Crippen LogP contribution in [-0.4, -0.2) is 20.4 Å². The predicted molar refractivity (Wildman–Crippen MR) is 107 cm³/mol. The fourth-order valence-electron chi connectivity index (χ4n) is 2.85. The van der Waals surface area contributed by atoms with Crippen molar-refractivity contribution in [1.82, 2.24) is 14.5 Å². The van der Waals surface area contributed by atoms with E-state index >= 15 is 0 Å². The molecule has 0 unspecified atom stereocenters. The Morgan fingerprint density at radius 3 is 2.79 bits per heavy atom. The van der Waals surface area contributed by atoms with Crippen molar-refractivity contribution in [3.63, 3.8) is 0 Å². The number of imidazole rings is 1. The maximum atomic E-state index is 14.3. The van der Waals surface area contributed by atoms with Crippen LogP contribution in [0.4, 0.5) is 10.1 Å². The smallest absolute Gasteiger partial charge is 0.230 e. The molecule has 0 spiro atoms. The number of hydrogen-bond acceptors (Lipinski definition) is 4. The molecule has 0 aliphatic heterocycles. The number of halogens is 1. The minimum atomic E-state index is -0.436. The number of hydrogen-bond donors (Lipinski definition) is 1. The van der Waals surface area contributed by atoms with Crippen molar-refractivity contribution in [2.75, 3.05) is 5.32 Å². The Balaban J connectivity index is 1.38. The highest BCUT2D eigenvalue weighted by Gasteiger charge is 2.11. The molecule has 28 heavy (non-hydrogen) atoms. The molecule has 7 heteroatoms. The van der Waals surface area contributed by atoms with E-state index in [0.717, 1.165) is 11.4 Å². The Hall–Kier alpha value is -3.32. The van der Waals surface area contributed by atoms with Crippen LogP contribution in [0.1, 0.15) is 16.3 Å². The number of anilines is 1. The fraction of sp³-hybridized carbons (Fsp3) is 0.0952. The van der Waals surface area contributed by atoms with Gasteiger partial charge in [0.15, 0.2) is 0 Å². The zero-order chi connectivity index (χ0) is 19.3. The molecule has 4 aromatic rings. The molecule has 2 heterocycles. The summed E-state index contributed by atoms with van der Waals surface area (Å²) in [7, 11) is 0. The molecule has 2 aromatic carbocycles. The molecule has 5 nitrogen and oxygen atoms in total. The number of benzene rings is 2. The molecule has 1 N–H and O–H groups in total. The zero-order valence-electron chi connectivity index (χ0n) is 14.9. The van der Waals surface area contributed by atoms with Crippen LogP contribution in [-0.2, 0) is 17.6 Å². The second kappa shape index (κ2) is 8.14. The summed E-state index contributed by atoms with van der Waals surface area (Å²) < 4.78 is 15.9. The van der Waals surface area contributed by atoms with Crippen molar-refractivity contribution in [3.05, 3.63) is 94.7 Å². The molecule has 0 atom stereocenters. The second-order valence-electron chi connectivity index (χ2n) is 6.26. The molecule has 0 fully saturated rings. The Kier molecular flexibility index (Phi) is 5.25. The summed E-state index contributed by atoms with van der Waals surface area (Å²) in [6.07, 6.45) is 5.65. The highest BCUT2D eigenvalue weighted by molar-refractivity contribution is 7.09. The van der Waals surface area contributed by atoms with Crippen molar-refractivity contribution in [2.24, 2.45) is 0 Å². The van der Waals surface area contributed by atoms with E-state index < -0.39 is 5.82 Å². The van der Waals surface area contributed by atoms with Gasteiger partial charge in [-0.05, 0) is 23.8 Å². The molecule has 2 aromatic heterocycles. The maximum Gasteiger partial charge on any atom is 0.230 e. The summed E-state index contributed by atoms with van der Waals surface area (Å²) in [5.41, 5.74) is 2.68. The third-order valence-electron chi connectivity index (χ3n) is 4.15. The van der Waals surface area contributed by atoms with Crippen molar-refractivity contribution < 1.29 is 9.18 Å². The quantitative estimate of drug-likeness (QED) is 0.534. The Morgan fingerprint density at radius 2 is 2.04 bits per heavy atom. The summed E-state index contributed by atoms with van der Waals surface area (Å²) in [6.45, 7) is 0. The fourth-order valence-corrected chi connectivity index (χ4v) is 3.68. The van der Waals surface area contributed by atoms with Gasteiger partial charge in [0.2, 0.25) is 5.91 Å². The first-order chi connectivity index (χ1) is 13.7. The van der Waals surface area contributed by atoms with Crippen molar-refractivity contribution in [2.45, 2.75) is 12.8 Å². The number of thiazole rings is 1. The number of aromatic nitrogens is 3. The lowest BCUT2D eigenvalue weighted by molar-refractivity contribution is -0.115. The van der Waals surface area contributed by atoms with Gasteiger partial charge < -0.3 is 9.88 Å². The van der Waals surface area contributed by atoms with E-state index in [4.69, 9.17) is 0 Å². The van der Waals surface area contributed by atoms with E-state index in [9.17, 15) is 9.18 Å². The van der Waals surface area contributed by atoms with Gasteiger partial charge in [-0.3, -0.25) is 4.79 Å². The third kappa shape index (κ3) is 4.32. The van der Waals surface area contributed by atoms with E-state index in [0.29, 0.717) is 17.1 Å². The zero-order valence-corrected chi connectivity index (χ0v) is 15.7. The topological polar surface area (TPSA) is 59.8 Å². The van der Waals surface area contributed by atoms with Crippen LogP contribution >= 0.6 is 11.3 Å². The Labute approximate surface area is 165 Å². The SMILES string of the molecule is O=C(Cc1csc(Cc2ccccc2)n1)Nc1ccc(-n2ccnc2)c(F)c1. The minimum absolute atomic E-state index is 0.149. The molecule has 0 radical (unpaired) electrons. The van der Waals surface area contributed by atoms with Crippen molar-refractivity contribution in [3.8, 4) is 5.69 Å². The summed E-state index contributed by atoms with van der Waals surface area (Å²) in [5.74, 6) is -0.666. The van der Waals surface area contributed by atoms with Crippen LogP contribution in [0.2, 0.25) is 0 Å². The van der Waals surface area contributed by atoms with Crippen LogP contribution in [0.5, 0.6) is 0 Å². The lowest BCUT2D eigenvalue weighted by atomic mass is 10.2. The van der Waals surface area contributed by atoms with Gasteiger partial charge in [-0.25, -0.2) is 14.4 Å². The van der Waals surface area contributed by atoms with Crippen LogP contribution in [0.25, 0.3) is 5.69 Å². The average molecular weight is 392 g/mol. The van der Waals surface area contributed by atoms with E-state index in [2.05, 4.69) is 27.4 Å². The van der Waals surface area contributed by atoms with Crippen LogP contribution < -0.4 is 5.32 Å².